The number of esters is 2. The van der Waals surface area contributed by atoms with Gasteiger partial charge >= 0.3 is 11.9 Å². The van der Waals surface area contributed by atoms with Gasteiger partial charge in [-0.1, -0.05) is 5.16 Å². The smallest absolute Gasteiger partial charge is 0.359 e. The van der Waals surface area contributed by atoms with Gasteiger partial charge in [0, 0.05) is 0 Å². The van der Waals surface area contributed by atoms with E-state index in [1.807, 2.05) is 6.26 Å². The molecule has 24 heavy (non-hydrogen) atoms. The number of thiazole rings is 1. The number of hydrogen-bond donors (Lipinski definition) is 0. The molecule has 0 aliphatic carbocycles. The SMILES string of the molecule is CCOC(=O)c1c(SC)sc2c(/C=N/OCC(=O)OC)c(C)nn12. The van der Waals surface area contributed by atoms with E-state index in [2.05, 4.69) is 15.0 Å². The minimum absolute atomic E-state index is 0.273. The van der Waals surface area contributed by atoms with E-state index in [9.17, 15) is 9.59 Å². The molecular weight excluding hydrogens is 354 g/mol. The predicted octanol–water partition coefficient (Wildman–Crippen LogP) is 2.13. The van der Waals surface area contributed by atoms with Gasteiger partial charge in [0.25, 0.3) is 0 Å². The molecule has 0 unspecified atom stereocenters. The molecule has 0 saturated carbocycles. The van der Waals surface area contributed by atoms with Gasteiger partial charge < -0.3 is 14.3 Å². The molecule has 2 aromatic rings. The summed E-state index contributed by atoms with van der Waals surface area (Å²) in [6, 6.07) is 0. The van der Waals surface area contributed by atoms with Crippen LogP contribution in [0.2, 0.25) is 0 Å². The molecule has 0 aromatic carbocycles. The Bertz CT molecular complexity index is 781. The van der Waals surface area contributed by atoms with Crippen LogP contribution in [-0.4, -0.2) is 54.3 Å². The van der Waals surface area contributed by atoms with Crippen LogP contribution in [0.3, 0.4) is 0 Å². The zero-order valence-electron chi connectivity index (χ0n) is 13.7. The van der Waals surface area contributed by atoms with Gasteiger partial charge in [-0.15, -0.1) is 23.1 Å². The fraction of sp³-hybridized carbons (Fsp3) is 0.429. The molecular formula is C14H17N3O5S2. The van der Waals surface area contributed by atoms with Crippen LogP contribution in [0.4, 0.5) is 0 Å². The lowest BCUT2D eigenvalue weighted by atomic mass is 10.3. The monoisotopic (exact) mass is 371 g/mol. The summed E-state index contributed by atoms with van der Waals surface area (Å²) in [5.41, 5.74) is 1.81. The average molecular weight is 371 g/mol. The van der Waals surface area contributed by atoms with Crippen LogP contribution in [0.25, 0.3) is 4.83 Å². The highest BCUT2D eigenvalue weighted by Crippen LogP contribution is 2.33. The molecule has 0 saturated heterocycles. The Hall–Kier alpha value is -2.07. The Morgan fingerprint density at radius 1 is 1.46 bits per heavy atom. The molecule has 2 rings (SSSR count). The van der Waals surface area contributed by atoms with Crippen molar-refractivity contribution in [2.45, 2.75) is 18.1 Å². The highest BCUT2D eigenvalue weighted by Gasteiger charge is 2.24. The lowest BCUT2D eigenvalue weighted by molar-refractivity contribution is -0.145. The fourth-order valence-corrected chi connectivity index (χ4v) is 3.79. The first-order valence-corrected chi connectivity index (χ1v) is 9.02. The van der Waals surface area contributed by atoms with E-state index in [0.717, 1.165) is 14.6 Å². The molecule has 0 spiro atoms. The number of nitrogens with zero attached hydrogens (tertiary/aromatic N) is 3. The van der Waals surface area contributed by atoms with Crippen LogP contribution in [0.15, 0.2) is 9.36 Å². The van der Waals surface area contributed by atoms with Crippen molar-refractivity contribution in [2.75, 3.05) is 26.6 Å². The Labute approximate surface area is 146 Å². The number of rotatable bonds is 7. The largest absolute Gasteiger partial charge is 0.466 e. The number of methoxy groups -OCH3 is 1. The molecule has 0 aliphatic rings. The van der Waals surface area contributed by atoms with E-state index >= 15 is 0 Å². The number of aromatic nitrogens is 2. The van der Waals surface area contributed by atoms with E-state index in [4.69, 9.17) is 9.57 Å². The van der Waals surface area contributed by atoms with Crippen LogP contribution < -0.4 is 0 Å². The van der Waals surface area contributed by atoms with Gasteiger partial charge in [0.2, 0.25) is 6.61 Å². The molecule has 0 aliphatic heterocycles. The first-order chi connectivity index (χ1) is 11.5. The first kappa shape index (κ1) is 18.3. The zero-order valence-corrected chi connectivity index (χ0v) is 15.3. The second kappa shape index (κ2) is 8.15. The van der Waals surface area contributed by atoms with Gasteiger partial charge in [-0.2, -0.15) is 5.10 Å². The molecule has 0 radical (unpaired) electrons. The second-order valence-corrected chi connectivity index (χ2v) is 6.54. The maximum absolute atomic E-state index is 12.2. The minimum atomic E-state index is -0.519. The highest BCUT2D eigenvalue weighted by atomic mass is 32.2. The summed E-state index contributed by atoms with van der Waals surface area (Å²) >= 11 is 2.87. The molecule has 0 N–H and O–H groups in total. The maximum Gasteiger partial charge on any atom is 0.359 e. The van der Waals surface area contributed by atoms with Crippen molar-refractivity contribution in [1.29, 1.82) is 0 Å². The van der Waals surface area contributed by atoms with Gasteiger partial charge in [0.15, 0.2) is 5.69 Å². The number of carbonyl (C=O) groups is 2. The third-order valence-electron chi connectivity index (χ3n) is 2.98. The van der Waals surface area contributed by atoms with Crippen molar-refractivity contribution in [3.63, 3.8) is 0 Å². The quantitative estimate of drug-likeness (QED) is 0.319. The molecule has 10 heteroatoms. The van der Waals surface area contributed by atoms with Crippen LogP contribution in [0.5, 0.6) is 0 Å². The van der Waals surface area contributed by atoms with Gasteiger partial charge in [0.1, 0.15) is 4.83 Å². The number of hydrogen-bond acceptors (Lipinski definition) is 9. The van der Waals surface area contributed by atoms with E-state index in [1.165, 1.54) is 36.4 Å². The van der Waals surface area contributed by atoms with E-state index in [0.29, 0.717) is 18.0 Å². The van der Waals surface area contributed by atoms with Crippen molar-refractivity contribution in [3.05, 3.63) is 17.0 Å². The molecule has 2 aromatic heterocycles. The second-order valence-electron chi connectivity index (χ2n) is 4.46. The van der Waals surface area contributed by atoms with Crippen LogP contribution in [0.1, 0.15) is 28.7 Å². The van der Waals surface area contributed by atoms with Crippen LogP contribution in [0, 0.1) is 6.92 Å². The third kappa shape index (κ3) is 3.70. The summed E-state index contributed by atoms with van der Waals surface area (Å²) in [7, 11) is 1.27. The van der Waals surface area contributed by atoms with Crippen LogP contribution in [-0.2, 0) is 19.1 Å². The van der Waals surface area contributed by atoms with Crippen molar-refractivity contribution < 1.29 is 23.9 Å². The Balaban J connectivity index is 2.35. The maximum atomic E-state index is 12.2. The van der Waals surface area contributed by atoms with Crippen molar-refractivity contribution in [2.24, 2.45) is 5.16 Å². The summed E-state index contributed by atoms with van der Waals surface area (Å²) in [6.45, 7) is 3.57. The Morgan fingerprint density at radius 2 is 2.21 bits per heavy atom. The number of oxime groups is 1. The highest BCUT2D eigenvalue weighted by molar-refractivity contribution is 8.00. The van der Waals surface area contributed by atoms with Gasteiger partial charge in [-0.25, -0.2) is 14.1 Å². The number of fused-ring (bicyclic) bond motifs is 1. The molecule has 0 atom stereocenters. The van der Waals surface area contributed by atoms with Crippen molar-refractivity contribution in [1.82, 2.24) is 9.61 Å². The van der Waals surface area contributed by atoms with E-state index in [1.54, 1.807) is 18.4 Å². The zero-order chi connectivity index (χ0) is 17.7. The van der Waals surface area contributed by atoms with E-state index in [-0.39, 0.29) is 6.61 Å². The molecule has 0 bridgehead atoms. The topological polar surface area (TPSA) is 91.5 Å². The summed E-state index contributed by atoms with van der Waals surface area (Å²) in [4.78, 5) is 28.8. The lowest BCUT2D eigenvalue weighted by Crippen LogP contribution is -2.09. The minimum Gasteiger partial charge on any atom is -0.466 e. The first-order valence-electron chi connectivity index (χ1n) is 6.98. The molecule has 2 heterocycles. The Kier molecular flexibility index (Phi) is 6.21. The number of thioether (sulfide) groups is 1. The normalized spacial score (nSPS) is 11.2. The number of carbonyl (C=O) groups excluding carboxylic acids is 2. The summed E-state index contributed by atoms with van der Waals surface area (Å²) < 4.78 is 11.9. The van der Waals surface area contributed by atoms with Crippen LogP contribution >= 0.6 is 23.1 Å². The summed E-state index contributed by atoms with van der Waals surface area (Å²) in [5, 5.41) is 8.15. The third-order valence-corrected chi connectivity index (χ3v) is 5.26. The molecule has 0 fully saturated rings. The van der Waals surface area contributed by atoms with Crippen molar-refractivity contribution in [3.8, 4) is 0 Å². The van der Waals surface area contributed by atoms with Gasteiger partial charge in [0.05, 0.1) is 35.4 Å². The molecule has 0 amide bonds. The number of aryl methyl sites for hydroxylation is 1. The van der Waals surface area contributed by atoms with Gasteiger partial charge in [-0.3, -0.25) is 0 Å². The van der Waals surface area contributed by atoms with Gasteiger partial charge in [-0.05, 0) is 20.1 Å². The average Bonchev–Trinajstić information content (AvgIpc) is 3.06. The predicted molar refractivity (Wildman–Crippen MR) is 91.1 cm³/mol. The fourth-order valence-electron chi connectivity index (χ4n) is 1.89. The molecule has 130 valence electrons. The molecule has 8 nitrogen and oxygen atoms in total. The van der Waals surface area contributed by atoms with E-state index < -0.39 is 11.9 Å². The summed E-state index contributed by atoms with van der Waals surface area (Å²) in [6.07, 6.45) is 3.35. The summed E-state index contributed by atoms with van der Waals surface area (Å²) in [5.74, 6) is -0.935. The standard InChI is InChI=1S/C14H17N3O5S2/c1-5-21-13(19)11-14(23-4)24-12-9(8(2)16-17(11)12)6-15-22-7-10(18)20-3/h6H,5,7H2,1-4H3/b15-6+. The number of ether oxygens (including phenoxy) is 2. The lowest BCUT2D eigenvalue weighted by Gasteiger charge is -2.01. The van der Waals surface area contributed by atoms with Crippen molar-refractivity contribution >= 4 is 46.1 Å². The Morgan fingerprint density at radius 3 is 2.83 bits per heavy atom.